The van der Waals surface area contributed by atoms with Crippen molar-refractivity contribution >= 4 is 18.0 Å². The Morgan fingerprint density at radius 2 is 1.55 bits per heavy atom. The molecular formula is C20H30ClN. The molecule has 0 N–H and O–H groups in total. The molecule has 0 atom stereocenters. The Balaban J connectivity index is 0.00000176. The zero-order chi connectivity index (χ0) is 14.3. The highest BCUT2D eigenvalue weighted by atomic mass is 35.5. The van der Waals surface area contributed by atoms with Crippen LogP contribution < -0.4 is 0 Å². The average Bonchev–Trinajstić information content (AvgIpc) is 2.58. The number of piperidine rings is 1. The molecule has 2 fully saturated rings. The third kappa shape index (κ3) is 4.86. The van der Waals surface area contributed by atoms with E-state index in [0.29, 0.717) is 0 Å². The number of hydrogen-bond donors (Lipinski definition) is 0. The fourth-order valence-electron chi connectivity index (χ4n) is 3.93. The molecule has 0 aromatic heterocycles. The minimum Gasteiger partial charge on any atom is -0.300 e. The van der Waals surface area contributed by atoms with Crippen LogP contribution in [0.15, 0.2) is 36.4 Å². The molecule has 1 aliphatic heterocycles. The van der Waals surface area contributed by atoms with Crippen LogP contribution >= 0.6 is 12.4 Å². The first-order valence-electron chi connectivity index (χ1n) is 8.91. The maximum absolute atomic E-state index is 2.63. The summed E-state index contributed by atoms with van der Waals surface area (Å²) in [5.74, 6) is 0.797. The van der Waals surface area contributed by atoms with E-state index in [1.54, 1.807) is 5.57 Å². The van der Waals surface area contributed by atoms with E-state index in [1.807, 2.05) is 0 Å². The summed E-state index contributed by atoms with van der Waals surface area (Å²) in [5.41, 5.74) is 3.09. The molecule has 0 radical (unpaired) electrons. The van der Waals surface area contributed by atoms with Gasteiger partial charge in [-0.05, 0) is 55.8 Å². The first-order chi connectivity index (χ1) is 10.4. The fourth-order valence-corrected chi connectivity index (χ4v) is 3.93. The summed E-state index contributed by atoms with van der Waals surface area (Å²) in [6, 6.07) is 11.1. The van der Waals surface area contributed by atoms with E-state index in [0.717, 1.165) is 12.5 Å². The molecule has 1 aliphatic carbocycles. The van der Waals surface area contributed by atoms with Gasteiger partial charge < -0.3 is 0 Å². The molecule has 0 unspecified atom stereocenters. The van der Waals surface area contributed by atoms with Gasteiger partial charge in [-0.2, -0.15) is 0 Å². The maximum atomic E-state index is 2.63. The van der Waals surface area contributed by atoms with E-state index >= 15 is 0 Å². The maximum Gasteiger partial charge on any atom is 0.0169 e. The van der Waals surface area contributed by atoms with Crippen molar-refractivity contribution in [2.45, 2.75) is 51.4 Å². The van der Waals surface area contributed by atoms with Gasteiger partial charge >= 0.3 is 0 Å². The highest BCUT2D eigenvalue weighted by molar-refractivity contribution is 5.85. The molecule has 0 spiro atoms. The molecule has 2 heteroatoms. The van der Waals surface area contributed by atoms with Crippen LogP contribution in [-0.4, -0.2) is 24.5 Å². The van der Waals surface area contributed by atoms with Crippen molar-refractivity contribution in [1.82, 2.24) is 4.90 Å². The molecule has 0 amide bonds. The molecule has 22 heavy (non-hydrogen) atoms. The van der Waals surface area contributed by atoms with Crippen LogP contribution in [0.4, 0.5) is 0 Å². The van der Waals surface area contributed by atoms with Crippen molar-refractivity contribution in [1.29, 1.82) is 0 Å². The molecule has 1 saturated carbocycles. The van der Waals surface area contributed by atoms with Gasteiger partial charge in [0.15, 0.2) is 0 Å². The van der Waals surface area contributed by atoms with Crippen LogP contribution in [-0.2, 0) is 0 Å². The lowest BCUT2D eigenvalue weighted by Gasteiger charge is -2.28. The monoisotopic (exact) mass is 319 g/mol. The van der Waals surface area contributed by atoms with Crippen LogP contribution in [0.5, 0.6) is 0 Å². The Kier molecular flexibility index (Phi) is 7.48. The van der Waals surface area contributed by atoms with E-state index in [2.05, 4.69) is 41.3 Å². The number of rotatable bonds is 4. The van der Waals surface area contributed by atoms with Crippen LogP contribution in [0.25, 0.3) is 5.57 Å². The summed E-state index contributed by atoms with van der Waals surface area (Å²) in [6.07, 6.45) is 13.8. The van der Waals surface area contributed by atoms with E-state index in [9.17, 15) is 0 Å². The number of nitrogens with zero attached hydrogens (tertiary/aromatic N) is 1. The largest absolute Gasteiger partial charge is 0.300 e. The van der Waals surface area contributed by atoms with Gasteiger partial charge in [-0.15, -0.1) is 12.4 Å². The van der Waals surface area contributed by atoms with Crippen molar-refractivity contribution in [3.63, 3.8) is 0 Å². The summed E-state index contributed by atoms with van der Waals surface area (Å²) in [7, 11) is 0. The minimum absolute atomic E-state index is 0. The zero-order valence-electron chi connectivity index (χ0n) is 13.7. The number of allylic oxidation sites excluding steroid dienone is 1. The summed E-state index contributed by atoms with van der Waals surface area (Å²) in [6.45, 7) is 3.74. The lowest BCUT2D eigenvalue weighted by molar-refractivity contribution is 0.251. The third-order valence-corrected chi connectivity index (χ3v) is 5.17. The highest BCUT2D eigenvalue weighted by Gasteiger charge is 2.19. The second-order valence-electron chi connectivity index (χ2n) is 6.72. The fraction of sp³-hybridized carbons (Fsp3) is 0.600. The topological polar surface area (TPSA) is 3.24 Å². The quantitative estimate of drug-likeness (QED) is 0.702. The van der Waals surface area contributed by atoms with Gasteiger partial charge in [0.25, 0.3) is 0 Å². The number of halogens is 1. The zero-order valence-corrected chi connectivity index (χ0v) is 14.5. The Morgan fingerprint density at radius 3 is 2.23 bits per heavy atom. The number of hydrogen-bond acceptors (Lipinski definition) is 1. The Hall–Kier alpha value is -0.790. The van der Waals surface area contributed by atoms with Gasteiger partial charge in [0.1, 0.15) is 0 Å². The molecule has 122 valence electrons. The first-order valence-corrected chi connectivity index (χ1v) is 8.91. The highest BCUT2D eigenvalue weighted by Crippen LogP contribution is 2.35. The standard InChI is InChI=1S/C20H29N.ClH/c1-4-10-18(11-5-1)20(19-12-6-2-7-13-19)14-17-21-15-8-3-9-16-21;/h1,4-5,10-11,14,19H,2-3,6-9,12-13,15-17H2;1H/b20-14-;. The van der Waals surface area contributed by atoms with Crippen molar-refractivity contribution in [2.75, 3.05) is 19.6 Å². The normalized spacial score (nSPS) is 21.4. The Labute approximate surface area is 142 Å². The number of benzene rings is 1. The Bertz CT molecular complexity index is 442. The molecule has 1 heterocycles. The predicted molar refractivity (Wildman–Crippen MR) is 98.5 cm³/mol. The summed E-state index contributed by atoms with van der Waals surface area (Å²) in [4.78, 5) is 2.63. The molecule has 1 aromatic carbocycles. The number of likely N-dealkylation sites (tertiary alicyclic amines) is 1. The molecule has 1 aromatic rings. The van der Waals surface area contributed by atoms with Crippen LogP contribution in [0, 0.1) is 5.92 Å². The molecule has 1 nitrogen and oxygen atoms in total. The van der Waals surface area contributed by atoms with E-state index in [1.165, 1.54) is 70.0 Å². The lowest BCUT2D eigenvalue weighted by atomic mass is 9.81. The average molecular weight is 320 g/mol. The van der Waals surface area contributed by atoms with Crippen LogP contribution in [0.2, 0.25) is 0 Å². The van der Waals surface area contributed by atoms with Gasteiger partial charge in [-0.3, -0.25) is 4.90 Å². The van der Waals surface area contributed by atoms with Gasteiger partial charge in [-0.25, -0.2) is 0 Å². The van der Waals surface area contributed by atoms with Gasteiger partial charge in [0.05, 0.1) is 0 Å². The van der Waals surface area contributed by atoms with E-state index in [-0.39, 0.29) is 12.4 Å². The molecule has 0 bridgehead atoms. The minimum atomic E-state index is 0. The second-order valence-corrected chi connectivity index (χ2v) is 6.72. The molecule has 2 aliphatic rings. The molecular weight excluding hydrogens is 290 g/mol. The van der Waals surface area contributed by atoms with Crippen molar-refractivity contribution in [3.05, 3.63) is 42.0 Å². The summed E-state index contributed by atoms with van der Waals surface area (Å²) in [5, 5.41) is 0. The second kappa shape index (κ2) is 9.37. The van der Waals surface area contributed by atoms with Crippen molar-refractivity contribution in [3.8, 4) is 0 Å². The molecule has 1 saturated heterocycles. The van der Waals surface area contributed by atoms with Crippen LogP contribution in [0.1, 0.15) is 56.9 Å². The van der Waals surface area contributed by atoms with Crippen molar-refractivity contribution in [2.24, 2.45) is 5.92 Å². The smallest absolute Gasteiger partial charge is 0.0169 e. The van der Waals surface area contributed by atoms with E-state index < -0.39 is 0 Å². The van der Waals surface area contributed by atoms with Crippen molar-refractivity contribution < 1.29 is 0 Å². The van der Waals surface area contributed by atoms with E-state index in [4.69, 9.17) is 0 Å². The van der Waals surface area contributed by atoms with Gasteiger partial charge in [0.2, 0.25) is 0 Å². The summed E-state index contributed by atoms with van der Waals surface area (Å²) < 4.78 is 0. The SMILES string of the molecule is C(/CN1CCCCC1)=C(\c1ccccc1)C1CCCCC1.Cl. The summed E-state index contributed by atoms with van der Waals surface area (Å²) >= 11 is 0. The third-order valence-electron chi connectivity index (χ3n) is 5.17. The lowest BCUT2D eigenvalue weighted by Crippen LogP contribution is -2.30. The van der Waals surface area contributed by atoms with Crippen LogP contribution in [0.3, 0.4) is 0 Å². The van der Waals surface area contributed by atoms with Gasteiger partial charge in [0, 0.05) is 6.54 Å². The Morgan fingerprint density at radius 1 is 0.909 bits per heavy atom. The molecule has 3 rings (SSSR count). The first kappa shape index (κ1) is 17.6. The predicted octanol–water partition coefficient (Wildman–Crippen LogP) is 5.56. The van der Waals surface area contributed by atoms with Gasteiger partial charge in [-0.1, -0.05) is 62.1 Å².